The third-order valence-electron chi connectivity index (χ3n) is 7.66. The molecule has 0 aromatic heterocycles. The number of rotatable bonds is 14. The van der Waals surface area contributed by atoms with E-state index in [0.29, 0.717) is 38.7 Å². The van der Waals surface area contributed by atoms with Crippen LogP contribution in [0.4, 0.5) is 4.79 Å². The Morgan fingerprint density at radius 3 is 2.31 bits per heavy atom. The second-order valence-electron chi connectivity index (χ2n) is 11.4. The van der Waals surface area contributed by atoms with Crippen molar-refractivity contribution in [1.82, 2.24) is 21.2 Å². The number of urea groups is 1. The molecule has 2 aromatic carbocycles. The largest absolute Gasteiger partial charge is 0.350 e. The molecule has 2 aromatic rings. The minimum Gasteiger partial charge on any atom is -0.350 e. The Morgan fingerprint density at radius 1 is 0.976 bits per heavy atom. The Morgan fingerprint density at radius 2 is 1.67 bits per heavy atom. The lowest BCUT2D eigenvalue weighted by atomic mass is 9.81. The number of carbonyl (C=O) groups excluding carboxylic acids is 4. The van der Waals surface area contributed by atoms with E-state index in [1.807, 2.05) is 74.5 Å². The minimum atomic E-state index is -0.801. The quantitative estimate of drug-likeness (QED) is 0.229. The summed E-state index contributed by atoms with van der Waals surface area (Å²) in [7, 11) is 0. The van der Waals surface area contributed by atoms with Crippen LogP contribution in [0.1, 0.15) is 63.5 Å². The van der Waals surface area contributed by atoms with E-state index in [1.165, 1.54) is 0 Å². The van der Waals surface area contributed by atoms with Gasteiger partial charge in [-0.2, -0.15) is 5.01 Å². The molecule has 4 atom stereocenters. The lowest BCUT2D eigenvalue weighted by Gasteiger charge is -2.29. The van der Waals surface area contributed by atoms with E-state index in [4.69, 9.17) is 9.57 Å². The highest BCUT2D eigenvalue weighted by Crippen LogP contribution is 2.27. The molecule has 3 N–H and O–H groups in total. The summed E-state index contributed by atoms with van der Waals surface area (Å²) >= 11 is 0. The van der Waals surface area contributed by atoms with Gasteiger partial charge in [-0.05, 0) is 55.6 Å². The van der Waals surface area contributed by atoms with Gasteiger partial charge in [0, 0.05) is 19.4 Å². The van der Waals surface area contributed by atoms with Crippen molar-refractivity contribution in [3.63, 3.8) is 0 Å². The number of hydroxylamine groups is 1. The second kappa shape index (κ2) is 15.5. The molecule has 10 heteroatoms. The highest BCUT2D eigenvalue weighted by molar-refractivity contribution is 6.05. The third-order valence-corrected chi connectivity index (χ3v) is 7.66. The summed E-state index contributed by atoms with van der Waals surface area (Å²) in [5.41, 5.74) is 7.11. The number of nitrogens with one attached hydrogen (secondary N) is 3. The highest BCUT2D eigenvalue weighted by Gasteiger charge is 2.42. The molecule has 10 nitrogen and oxygen atoms in total. The zero-order valence-electron chi connectivity index (χ0n) is 24.4. The normalized spacial score (nSPS) is 20.2. The lowest BCUT2D eigenvalue weighted by Crippen LogP contribution is -2.52. The molecule has 0 spiro atoms. The van der Waals surface area contributed by atoms with Crippen LogP contribution in [0.2, 0.25) is 0 Å². The molecule has 2 aliphatic rings. The molecule has 2 saturated heterocycles. The molecule has 4 rings (SSSR count). The van der Waals surface area contributed by atoms with Crippen molar-refractivity contribution in [2.45, 2.75) is 77.5 Å². The van der Waals surface area contributed by atoms with Gasteiger partial charge in [-0.1, -0.05) is 74.5 Å². The fourth-order valence-electron chi connectivity index (χ4n) is 5.47. The highest BCUT2D eigenvalue weighted by atomic mass is 16.8. The molecule has 1 unspecified atom stereocenters. The molecule has 2 heterocycles. The number of benzene rings is 2. The Labute approximate surface area is 247 Å². The van der Waals surface area contributed by atoms with Crippen LogP contribution < -0.4 is 16.2 Å². The molecular weight excluding hydrogens is 536 g/mol. The topological polar surface area (TPSA) is 126 Å². The smallest absolute Gasteiger partial charge is 0.344 e. The van der Waals surface area contributed by atoms with Crippen molar-refractivity contribution in [2.75, 3.05) is 6.61 Å². The van der Waals surface area contributed by atoms with Crippen LogP contribution in [0.3, 0.4) is 0 Å². The van der Waals surface area contributed by atoms with Gasteiger partial charge in [0.05, 0.1) is 11.8 Å². The van der Waals surface area contributed by atoms with Gasteiger partial charge >= 0.3 is 6.03 Å². The summed E-state index contributed by atoms with van der Waals surface area (Å²) in [5, 5.41) is 3.40. The van der Waals surface area contributed by atoms with E-state index in [-0.39, 0.29) is 5.92 Å². The van der Waals surface area contributed by atoms with Gasteiger partial charge in [-0.3, -0.25) is 19.8 Å². The van der Waals surface area contributed by atoms with E-state index in [1.54, 1.807) is 0 Å². The number of ether oxygens (including phenoxy) is 1. The fraction of sp³-hybridized carbons (Fsp3) is 0.500. The standard InChI is InChI=1S/C32H42N4O6/c1-22(2)20-26(29(37)34-36-31(39)27(33-32(36)40)21-24-14-7-4-8-15-24)25(17-11-16-23-12-5-3-6-13-23)30(38)35-42-28-18-9-10-19-41-28/h3-8,12-15,22,25-28H,9-11,16-21H2,1-2H3,(H,33,40)(H,34,37)(H,35,38)/t25-,26+,27-,28?/m0/s1. The van der Waals surface area contributed by atoms with E-state index in [0.717, 1.165) is 35.4 Å². The summed E-state index contributed by atoms with van der Waals surface area (Å²) in [5.74, 6) is -2.99. The van der Waals surface area contributed by atoms with Gasteiger partial charge in [-0.25, -0.2) is 15.1 Å². The maximum absolute atomic E-state index is 13.7. The van der Waals surface area contributed by atoms with Crippen LogP contribution in [0.5, 0.6) is 0 Å². The second-order valence-corrected chi connectivity index (χ2v) is 11.4. The number of amides is 5. The first-order chi connectivity index (χ1) is 20.3. The molecule has 2 aliphatic heterocycles. The van der Waals surface area contributed by atoms with Gasteiger partial charge in [0.1, 0.15) is 6.04 Å². The Bertz CT molecular complexity index is 1190. The molecule has 0 aliphatic carbocycles. The van der Waals surface area contributed by atoms with E-state index < -0.39 is 47.9 Å². The Kier molecular flexibility index (Phi) is 11.5. The summed E-state index contributed by atoms with van der Waals surface area (Å²) in [4.78, 5) is 58.7. The summed E-state index contributed by atoms with van der Waals surface area (Å²) in [6, 6.07) is 17.8. The molecule has 0 saturated carbocycles. The van der Waals surface area contributed by atoms with Crippen LogP contribution in [0, 0.1) is 17.8 Å². The van der Waals surface area contributed by atoms with Gasteiger partial charge in [0.15, 0.2) is 6.29 Å². The van der Waals surface area contributed by atoms with Crippen molar-refractivity contribution in [3.8, 4) is 0 Å². The van der Waals surface area contributed by atoms with Crippen LogP contribution in [-0.4, -0.2) is 47.7 Å². The van der Waals surface area contributed by atoms with Gasteiger partial charge in [0.25, 0.3) is 5.91 Å². The lowest BCUT2D eigenvalue weighted by molar-refractivity contribution is -0.203. The number of nitrogens with zero attached hydrogens (tertiary/aromatic N) is 1. The van der Waals surface area contributed by atoms with E-state index in [2.05, 4.69) is 16.2 Å². The van der Waals surface area contributed by atoms with Crippen molar-refractivity contribution in [3.05, 3.63) is 71.8 Å². The maximum atomic E-state index is 13.7. The Balaban J connectivity index is 1.46. The Hall–Kier alpha value is -3.76. The van der Waals surface area contributed by atoms with E-state index >= 15 is 0 Å². The summed E-state index contributed by atoms with van der Waals surface area (Å²) < 4.78 is 5.58. The van der Waals surface area contributed by atoms with Crippen molar-refractivity contribution >= 4 is 23.8 Å². The van der Waals surface area contributed by atoms with Crippen LogP contribution >= 0.6 is 0 Å². The van der Waals surface area contributed by atoms with Crippen LogP contribution in [0.15, 0.2) is 60.7 Å². The van der Waals surface area contributed by atoms with Gasteiger partial charge in [0.2, 0.25) is 11.8 Å². The predicted molar refractivity (Wildman–Crippen MR) is 156 cm³/mol. The van der Waals surface area contributed by atoms with Crippen molar-refractivity contribution in [1.29, 1.82) is 0 Å². The number of imide groups is 1. The number of aryl methyl sites for hydroxylation is 1. The molecule has 42 heavy (non-hydrogen) atoms. The number of hydrogen-bond donors (Lipinski definition) is 3. The molecule has 0 radical (unpaired) electrons. The number of hydrazine groups is 1. The van der Waals surface area contributed by atoms with Crippen molar-refractivity contribution in [2.24, 2.45) is 17.8 Å². The molecule has 226 valence electrons. The average molecular weight is 579 g/mol. The van der Waals surface area contributed by atoms with Crippen molar-refractivity contribution < 1.29 is 28.8 Å². The first kappa shape index (κ1) is 31.2. The fourth-order valence-corrected chi connectivity index (χ4v) is 5.47. The van der Waals surface area contributed by atoms with Crippen LogP contribution in [0.25, 0.3) is 0 Å². The molecule has 0 bridgehead atoms. The summed E-state index contributed by atoms with van der Waals surface area (Å²) in [6.07, 6.45) is 4.52. The predicted octanol–water partition coefficient (Wildman–Crippen LogP) is 4.06. The van der Waals surface area contributed by atoms with Gasteiger partial charge in [-0.15, -0.1) is 0 Å². The molecular formula is C32H42N4O6. The third kappa shape index (κ3) is 8.87. The number of carbonyl (C=O) groups is 4. The minimum absolute atomic E-state index is 0.0710. The van der Waals surface area contributed by atoms with E-state index in [9.17, 15) is 19.2 Å². The SMILES string of the molecule is CC(C)C[C@@H](C(=O)NN1C(=O)N[C@@H](Cc2ccccc2)C1=O)[C@H](CCCc1ccccc1)C(=O)NOC1CCCCO1. The first-order valence-electron chi connectivity index (χ1n) is 14.9. The zero-order valence-corrected chi connectivity index (χ0v) is 24.4. The van der Waals surface area contributed by atoms with Crippen LogP contribution in [-0.2, 0) is 36.8 Å². The first-order valence-corrected chi connectivity index (χ1v) is 14.9. The van der Waals surface area contributed by atoms with Gasteiger partial charge < -0.3 is 10.1 Å². The average Bonchev–Trinajstić information content (AvgIpc) is 3.25. The zero-order chi connectivity index (χ0) is 29.9. The maximum Gasteiger partial charge on any atom is 0.344 e. The summed E-state index contributed by atoms with van der Waals surface area (Å²) in [6.45, 7) is 4.50. The molecule has 2 fully saturated rings. The number of hydrogen-bond acceptors (Lipinski definition) is 6. The monoisotopic (exact) mass is 578 g/mol. The molecule has 5 amide bonds.